The number of amides is 1. The van der Waals surface area contributed by atoms with Crippen LogP contribution in [-0.2, 0) is 14.6 Å². The molecule has 7 heteroatoms. The highest BCUT2D eigenvalue weighted by molar-refractivity contribution is 8.00. The van der Waals surface area contributed by atoms with E-state index in [0.29, 0.717) is 4.90 Å². The van der Waals surface area contributed by atoms with Gasteiger partial charge in [-0.15, -0.1) is 11.8 Å². The van der Waals surface area contributed by atoms with Crippen LogP contribution in [0.3, 0.4) is 0 Å². The molecule has 2 fully saturated rings. The van der Waals surface area contributed by atoms with Gasteiger partial charge in [-0.1, -0.05) is 12.1 Å². The minimum atomic E-state index is -3.17. The van der Waals surface area contributed by atoms with E-state index in [1.807, 2.05) is 12.1 Å². The molecule has 2 N–H and O–H groups in total. The van der Waals surface area contributed by atoms with Crippen molar-refractivity contribution in [3.8, 4) is 0 Å². The maximum atomic E-state index is 12.3. The number of benzene rings is 1. The van der Waals surface area contributed by atoms with Gasteiger partial charge in [0.05, 0.1) is 16.3 Å². The zero-order valence-electron chi connectivity index (χ0n) is 13.8. The van der Waals surface area contributed by atoms with Crippen molar-refractivity contribution < 1.29 is 13.2 Å². The van der Waals surface area contributed by atoms with Crippen molar-refractivity contribution >= 4 is 27.5 Å². The Balaban J connectivity index is 1.61. The summed E-state index contributed by atoms with van der Waals surface area (Å²) in [6.45, 7) is 0. The number of carbonyl (C=O) groups is 1. The molecule has 0 aromatic heterocycles. The fraction of sp³-hybridized carbons (Fsp3) is 0.588. The Hall–Kier alpha value is -1.05. The lowest BCUT2D eigenvalue weighted by molar-refractivity contribution is -0.121. The van der Waals surface area contributed by atoms with Crippen LogP contribution in [0.2, 0.25) is 0 Å². The van der Waals surface area contributed by atoms with E-state index in [9.17, 15) is 13.2 Å². The van der Waals surface area contributed by atoms with Crippen molar-refractivity contribution in [3.05, 3.63) is 29.8 Å². The second-order valence-electron chi connectivity index (χ2n) is 6.55. The van der Waals surface area contributed by atoms with Crippen LogP contribution in [0, 0.1) is 0 Å². The minimum absolute atomic E-state index is 0.00738. The maximum absolute atomic E-state index is 12.3. The minimum Gasteiger partial charge on any atom is -0.340 e. The first-order valence-electron chi connectivity index (χ1n) is 8.41. The molecule has 132 valence electrons. The van der Waals surface area contributed by atoms with E-state index in [0.717, 1.165) is 43.4 Å². The topological polar surface area (TPSA) is 75.3 Å². The molecular weight excluding hydrogens is 344 g/mol. The van der Waals surface area contributed by atoms with Gasteiger partial charge in [0.15, 0.2) is 9.84 Å². The van der Waals surface area contributed by atoms with E-state index in [4.69, 9.17) is 0 Å². The zero-order chi connectivity index (χ0) is 17.2. The number of thioether (sulfide) groups is 1. The third-order valence-corrected chi connectivity index (χ3v) is 7.14. The van der Waals surface area contributed by atoms with Gasteiger partial charge < -0.3 is 5.32 Å². The molecule has 2 heterocycles. The van der Waals surface area contributed by atoms with Gasteiger partial charge in [-0.2, -0.15) is 0 Å². The van der Waals surface area contributed by atoms with Crippen molar-refractivity contribution in [2.24, 2.45) is 0 Å². The molecular formula is C17H24N2O3S2. The van der Waals surface area contributed by atoms with Crippen molar-refractivity contribution in [3.63, 3.8) is 0 Å². The van der Waals surface area contributed by atoms with Crippen LogP contribution in [0.4, 0.5) is 0 Å². The molecule has 0 bridgehead atoms. The molecule has 3 rings (SSSR count). The molecule has 1 amide bonds. The van der Waals surface area contributed by atoms with Crippen LogP contribution in [0.25, 0.3) is 0 Å². The van der Waals surface area contributed by atoms with Crippen LogP contribution in [0.5, 0.6) is 0 Å². The van der Waals surface area contributed by atoms with Gasteiger partial charge in [0.2, 0.25) is 5.91 Å². The number of piperidine rings is 1. The molecule has 1 aromatic carbocycles. The Bertz CT molecular complexity index is 682. The normalized spacial score (nSPS) is 27.8. The molecule has 3 unspecified atom stereocenters. The van der Waals surface area contributed by atoms with Crippen molar-refractivity contribution in [2.45, 2.75) is 54.5 Å². The summed E-state index contributed by atoms with van der Waals surface area (Å²) >= 11 is 1.74. The molecule has 0 aliphatic carbocycles. The fourth-order valence-electron chi connectivity index (χ4n) is 3.31. The lowest BCUT2D eigenvalue weighted by atomic mass is 9.96. The second-order valence-corrected chi connectivity index (χ2v) is 9.88. The molecule has 2 aliphatic heterocycles. The summed E-state index contributed by atoms with van der Waals surface area (Å²) in [6, 6.07) is 7.19. The van der Waals surface area contributed by atoms with E-state index in [2.05, 4.69) is 10.6 Å². The first kappa shape index (κ1) is 17.8. The number of nitrogens with one attached hydrogen (secondary N) is 2. The highest BCUT2D eigenvalue weighted by Gasteiger charge is 2.28. The first-order valence-corrected chi connectivity index (χ1v) is 11.4. The summed E-state index contributed by atoms with van der Waals surface area (Å²) in [5.74, 6) is 1.22. The van der Waals surface area contributed by atoms with E-state index in [1.54, 1.807) is 23.9 Å². The molecule has 2 aliphatic rings. The monoisotopic (exact) mass is 368 g/mol. The van der Waals surface area contributed by atoms with Crippen LogP contribution in [0.1, 0.15) is 43.7 Å². The molecule has 0 saturated carbocycles. The molecule has 3 atom stereocenters. The Morgan fingerprint density at radius 3 is 2.54 bits per heavy atom. The van der Waals surface area contributed by atoms with Gasteiger partial charge in [-0.3, -0.25) is 10.1 Å². The maximum Gasteiger partial charge on any atom is 0.234 e. The molecule has 0 radical (unpaired) electrons. The van der Waals surface area contributed by atoms with Crippen LogP contribution < -0.4 is 10.6 Å². The van der Waals surface area contributed by atoms with Crippen LogP contribution in [-0.4, -0.2) is 37.7 Å². The van der Waals surface area contributed by atoms with Gasteiger partial charge in [0, 0.05) is 12.3 Å². The first-order chi connectivity index (χ1) is 11.4. The lowest BCUT2D eigenvalue weighted by Crippen LogP contribution is -2.51. The average molecular weight is 369 g/mol. The van der Waals surface area contributed by atoms with Crippen molar-refractivity contribution in [1.82, 2.24) is 10.6 Å². The zero-order valence-corrected chi connectivity index (χ0v) is 15.5. The summed E-state index contributed by atoms with van der Waals surface area (Å²) in [6.07, 6.45) is 6.26. The number of hydrogen-bond donors (Lipinski definition) is 2. The SMILES string of the molecule is CS(=O)(=O)c1ccc(C2CCCC(NC(=O)C3CCCS3)N2)cc1. The average Bonchev–Trinajstić information content (AvgIpc) is 3.09. The fourth-order valence-corrected chi connectivity index (χ4v) is 5.11. The Kier molecular flexibility index (Phi) is 5.52. The number of carbonyl (C=O) groups excluding carboxylic acids is 1. The quantitative estimate of drug-likeness (QED) is 0.852. The number of sulfone groups is 1. The lowest BCUT2D eigenvalue weighted by Gasteiger charge is -2.32. The Labute approximate surface area is 147 Å². The van der Waals surface area contributed by atoms with E-state index < -0.39 is 9.84 Å². The molecule has 2 saturated heterocycles. The smallest absolute Gasteiger partial charge is 0.234 e. The van der Waals surface area contributed by atoms with Gasteiger partial charge >= 0.3 is 0 Å². The Morgan fingerprint density at radius 1 is 1.17 bits per heavy atom. The third-order valence-electron chi connectivity index (χ3n) is 4.64. The van der Waals surface area contributed by atoms with Crippen molar-refractivity contribution in [1.29, 1.82) is 0 Å². The van der Waals surface area contributed by atoms with Gasteiger partial charge in [0.1, 0.15) is 0 Å². The predicted octanol–water partition coefficient (Wildman–Crippen LogP) is 2.24. The van der Waals surface area contributed by atoms with Crippen LogP contribution >= 0.6 is 11.8 Å². The number of hydrogen-bond acceptors (Lipinski definition) is 5. The molecule has 1 aromatic rings. The summed E-state index contributed by atoms with van der Waals surface area (Å²) in [4.78, 5) is 12.6. The number of rotatable bonds is 4. The Morgan fingerprint density at radius 2 is 1.92 bits per heavy atom. The van der Waals surface area contributed by atoms with Crippen LogP contribution in [0.15, 0.2) is 29.2 Å². The summed E-state index contributed by atoms with van der Waals surface area (Å²) < 4.78 is 23.1. The highest BCUT2D eigenvalue weighted by atomic mass is 32.2. The third kappa shape index (κ3) is 4.32. The van der Waals surface area contributed by atoms with E-state index in [1.165, 1.54) is 6.26 Å². The summed E-state index contributed by atoms with van der Waals surface area (Å²) in [5, 5.41) is 6.72. The van der Waals surface area contributed by atoms with E-state index in [-0.39, 0.29) is 23.4 Å². The molecule has 0 spiro atoms. The standard InChI is InChI=1S/C17H24N2O3S2/c1-24(21,22)13-9-7-12(8-10-13)14-4-2-6-16(18-14)19-17(20)15-5-3-11-23-15/h7-10,14-16,18H,2-6,11H2,1H3,(H,19,20). The molecule has 24 heavy (non-hydrogen) atoms. The predicted molar refractivity (Wildman–Crippen MR) is 96.7 cm³/mol. The van der Waals surface area contributed by atoms with E-state index >= 15 is 0 Å². The highest BCUT2D eigenvalue weighted by Crippen LogP contribution is 2.28. The summed E-state index contributed by atoms with van der Waals surface area (Å²) in [7, 11) is -3.17. The summed E-state index contributed by atoms with van der Waals surface area (Å²) in [5.41, 5.74) is 1.07. The molecule has 5 nitrogen and oxygen atoms in total. The van der Waals surface area contributed by atoms with Gasteiger partial charge in [-0.25, -0.2) is 8.42 Å². The largest absolute Gasteiger partial charge is 0.340 e. The van der Waals surface area contributed by atoms with Crippen molar-refractivity contribution in [2.75, 3.05) is 12.0 Å². The van der Waals surface area contributed by atoms with Gasteiger partial charge in [-0.05, 0) is 55.6 Å². The van der Waals surface area contributed by atoms with Gasteiger partial charge in [0.25, 0.3) is 0 Å². The second kappa shape index (κ2) is 7.45.